The van der Waals surface area contributed by atoms with Crippen LogP contribution < -0.4 is 5.32 Å². The van der Waals surface area contributed by atoms with Crippen molar-refractivity contribution in [2.24, 2.45) is 0 Å². The van der Waals surface area contributed by atoms with Crippen molar-refractivity contribution in [2.75, 3.05) is 19.8 Å². The molecule has 0 bridgehead atoms. The molecule has 1 saturated heterocycles. The highest BCUT2D eigenvalue weighted by Crippen LogP contribution is 2.35. The van der Waals surface area contributed by atoms with Gasteiger partial charge in [-0.1, -0.05) is 11.6 Å². The van der Waals surface area contributed by atoms with Crippen LogP contribution in [0.2, 0.25) is 5.02 Å². The van der Waals surface area contributed by atoms with Gasteiger partial charge in [-0.2, -0.15) is 13.2 Å². The van der Waals surface area contributed by atoms with E-state index < -0.39 is 28.6 Å². The third-order valence-electron chi connectivity index (χ3n) is 2.68. The molecule has 0 saturated carbocycles. The molecular weight excluding hydrogens is 274 g/mol. The van der Waals surface area contributed by atoms with Crippen LogP contribution >= 0.6 is 11.6 Å². The normalized spacial score (nSPS) is 21.1. The van der Waals surface area contributed by atoms with E-state index in [1.165, 1.54) is 0 Å². The molecule has 1 heterocycles. The lowest BCUT2D eigenvalue weighted by Crippen LogP contribution is -2.35. The maximum absolute atomic E-state index is 13.8. The molecule has 0 spiro atoms. The first-order valence-corrected chi connectivity index (χ1v) is 5.64. The van der Waals surface area contributed by atoms with Crippen molar-refractivity contribution in [3.05, 3.63) is 34.1 Å². The summed E-state index contributed by atoms with van der Waals surface area (Å²) in [6.45, 7) is 1.03. The van der Waals surface area contributed by atoms with Crippen LogP contribution in [0.25, 0.3) is 0 Å². The van der Waals surface area contributed by atoms with Gasteiger partial charge in [0.15, 0.2) is 0 Å². The number of halogens is 5. The van der Waals surface area contributed by atoms with E-state index in [4.69, 9.17) is 16.3 Å². The number of hydrogen-bond donors (Lipinski definition) is 1. The third kappa shape index (κ3) is 2.76. The fourth-order valence-corrected chi connectivity index (χ4v) is 2.02. The van der Waals surface area contributed by atoms with Gasteiger partial charge < -0.3 is 10.1 Å². The summed E-state index contributed by atoms with van der Waals surface area (Å²) in [6.07, 6.45) is -4.55. The van der Waals surface area contributed by atoms with Gasteiger partial charge in [-0.25, -0.2) is 4.39 Å². The summed E-state index contributed by atoms with van der Waals surface area (Å²) < 4.78 is 56.7. The molecule has 18 heavy (non-hydrogen) atoms. The van der Waals surface area contributed by atoms with Gasteiger partial charge in [-0.3, -0.25) is 0 Å². The molecular formula is C11H10ClF4NO. The molecule has 1 aromatic carbocycles. The van der Waals surface area contributed by atoms with Crippen LogP contribution in [0.15, 0.2) is 12.1 Å². The number of alkyl halides is 3. The van der Waals surface area contributed by atoms with E-state index in [9.17, 15) is 17.6 Å². The van der Waals surface area contributed by atoms with Gasteiger partial charge >= 0.3 is 6.18 Å². The molecule has 0 unspecified atom stereocenters. The minimum atomic E-state index is -4.55. The van der Waals surface area contributed by atoms with E-state index in [2.05, 4.69) is 5.32 Å². The van der Waals surface area contributed by atoms with Crippen LogP contribution in [0.4, 0.5) is 17.6 Å². The van der Waals surface area contributed by atoms with Gasteiger partial charge in [0.2, 0.25) is 0 Å². The summed E-state index contributed by atoms with van der Waals surface area (Å²) in [6, 6.07) is 0.746. The highest BCUT2D eigenvalue weighted by molar-refractivity contribution is 6.30. The van der Waals surface area contributed by atoms with Crippen LogP contribution in [-0.2, 0) is 10.9 Å². The van der Waals surface area contributed by atoms with Crippen molar-refractivity contribution in [3.8, 4) is 0 Å². The molecule has 100 valence electrons. The van der Waals surface area contributed by atoms with Crippen molar-refractivity contribution in [1.82, 2.24) is 5.32 Å². The Kier molecular flexibility index (Phi) is 3.79. The standard InChI is InChI=1S/C11H10ClF4NO/c12-8-4-6(11(14,15)16)3-7(10(8)13)9-5-18-2-1-17-9/h3-4,9,17H,1-2,5H2/t9-/m0/s1. The Morgan fingerprint density at radius 2 is 2.06 bits per heavy atom. The maximum atomic E-state index is 13.8. The molecule has 1 aromatic rings. The smallest absolute Gasteiger partial charge is 0.378 e. The first-order valence-electron chi connectivity index (χ1n) is 5.27. The topological polar surface area (TPSA) is 21.3 Å². The summed E-state index contributed by atoms with van der Waals surface area (Å²) in [5.41, 5.74) is -1.08. The van der Waals surface area contributed by atoms with Crippen LogP contribution in [0, 0.1) is 5.82 Å². The number of morpholine rings is 1. The third-order valence-corrected chi connectivity index (χ3v) is 2.96. The molecule has 2 nitrogen and oxygen atoms in total. The second-order valence-corrected chi connectivity index (χ2v) is 4.35. The van der Waals surface area contributed by atoms with E-state index in [1.807, 2.05) is 0 Å². The summed E-state index contributed by atoms with van der Waals surface area (Å²) >= 11 is 5.50. The van der Waals surface area contributed by atoms with Crippen LogP contribution in [0.3, 0.4) is 0 Å². The van der Waals surface area contributed by atoms with E-state index in [1.54, 1.807) is 0 Å². The average molecular weight is 284 g/mol. The molecule has 1 N–H and O–H groups in total. The number of benzene rings is 1. The van der Waals surface area contributed by atoms with Gasteiger partial charge in [-0.15, -0.1) is 0 Å². The molecule has 0 radical (unpaired) electrons. The van der Waals surface area contributed by atoms with Crippen LogP contribution in [0.5, 0.6) is 0 Å². The van der Waals surface area contributed by atoms with Crippen molar-refractivity contribution in [1.29, 1.82) is 0 Å². The minimum absolute atomic E-state index is 0.116. The Bertz CT molecular complexity index is 443. The van der Waals surface area contributed by atoms with E-state index >= 15 is 0 Å². The first kappa shape index (κ1) is 13.6. The lowest BCUT2D eigenvalue weighted by Gasteiger charge is -2.25. The van der Waals surface area contributed by atoms with Crippen molar-refractivity contribution < 1.29 is 22.3 Å². The molecule has 0 aliphatic carbocycles. The predicted octanol–water partition coefficient (Wildman–Crippen LogP) is 3.16. The number of ether oxygens (including phenoxy) is 1. The number of hydrogen-bond acceptors (Lipinski definition) is 2. The molecule has 1 aliphatic rings. The molecule has 1 fully saturated rings. The Balaban J connectivity index is 2.42. The molecule has 1 aliphatic heterocycles. The van der Waals surface area contributed by atoms with Gasteiger partial charge in [0.25, 0.3) is 0 Å². The first-order chi connectivity index (χ1) is 8.39. The minimum Gasteiger partial charge on any atom is -0.378 e. The molecule has 2 rings (SSSR count). The second-order valence-electron chi connectivity index (χ2n) is 3.94. The fourth-order valence-electron chi connectivity index (χ4n) is 1.79. The fraction of sp³-hybridized carbons (Fsp3) is 0.455. The summed E-state index contributed by atoms with van der Waals surface area (Å²) in [5, 5.41) is 2.36. The molecule has 0 aromatic heterocycles. The van der Waals surface area contributed by atoms with Gasteiger partial charge in [0.1, 0.15) is 5.82 Å². The largest absolute Gasteiger partial charge is 0.416 e. The maximum Gasteiger partial charge on any atom is 0.416 e. The highest BCUT2D eigenvalue weighted by atomic mass is 35.5. The quantitative estimate of drug-likeness (QED) is 0.800. The van der Waals surface area contributed by atoms with Crippen molar-refractivity contribution in [3.63, 3.8) is 0 Å². The molecule has 7 heteroatoms. The second kappa shape index (κ2) is 5.03. The van der Waals surface area contributed by atoms with Crippen LogP contribution in [-0.4, -0.2) is 19.8 Å². The van der Waals surface area contributed by atoms with Crippen LogP contribution in [0.1, 0.15) is 17.2 Å². The predicted molar refractivity (Wildman–Crippen MR) is 58.0 cm³/mol. The molecule has 1 atom stereocenters. The average Bonchev–Trinajstić information content (AvgIpc) is 2.32. The number of nitrogens with one attached hydrogen (secondary N) is 1. The van der Waals surface area contributed by atoms with E-state index in [0.29, 0.717) is 19.2 Å². The summed E-state index contributed by atoms with van der Waals surface area (Å²) in [4.78, 5) is 0. The summed E-state index contributed by atoms with van der Waals surface area (Å²) in [5.74, 6) is -0.840. The lowest BCUT2D eigenvalue weighted by atomic mass is 10.0. The Hall–Kier alpha value is -0.850. The zero-order chi connectivity index (χ0) is 13.3. The Morgan fingerprint density at radius 3 is 2.61 bits per heavy atom. The highest BCUT2D eigenvalue weighted by Gasteiger charge is 2.33. The Morgan fingerprint density at radius 1 is 1.33 bits per heavy atom. The van der Waals surface area contributed by atoms with E-state index in [-0.39, 0.29) is 12.2 Å². The zero-order valence-corrected chi connectivity index (χ0v) is 9.91. The van der Waals surface area contributed by atoms with Gasteiger partial charge in [0.05, 0.1) is 29.8 Å². The number of rotatable bonds is 1. The summed E-state index contributed by atoms with van der Waals surface area (Å²) in [7, 11) is 0. The monoisotopic (exact) mass is 283 g/mol. The van der Waals surface area contributed by atoms with Crippen molar-refractivity contribution >= 4 is 11.6 Å². The van der Waals surface area contributed by atoms with E-state index in [0.717, 1.165) is 6.07 Å². The SMILES string of the molecule is Fc1c(Cl)cc(C(F)(F)F)cc1[C@@H]1COCCN1. The zero-order valence-electron chi connectivity index (χ0n) is 9.15. The van der Waals surface area contributed by atoms with Gasteiger partial charge in [0, 0.05) is 12.1 Å². The van der Waals surface area contributed by atoms with Crippen molar-refractivity contribution in [2.45, 2.75) is 12.2 Å². The molecule has 0 amide bonds. The van der Waals surface area contributed by atoms with Gasteiger partial charge in [-0.05, 0) is 12.1 Å². The Labute approximate surface area is 106 Å². The lowest BCUT2D eigenvalue weighted by molar-refractivity contribution is -0.137.